The summed E-state index contributed by atoms with van der Waals surface area (Å²) >= 11 is 1.52. The number of hydrogen-bond donors (Lipinski definition) is 1. The maximum atomic E-state index is 13.2. The summed E-state index contributed by atoms with van der Waals surface area (Å²) in [6, 6.07) is 6.60. The summed E-state index contributed by atoms with van der Waals surface area (Å²) in [4.78, 5) is 0.715. The van der Waals surface area contributed by atoms with Gasteiger partial charge in [0.1, 0.15) is 5.54 Å². The lowest BCUT2D eigenvalue weighted by Gasteiger charge is -2.25. The Morgan fingerprint density at radius 3 is 2.75 bits per heavy atom. The Morgan fingerprint density at radius 2 is 2.15 bits per heavy atom. The number of rotatable bonds is 4. The molecular formula is C15H18F2N2S. The highest BCUT2D eigenvalue weighted by atomic mass is 32.2. The minimum Gasteiger partial charge on any atom is -0.297 e. The summed E-state index contributed by atoms with van der Waals surface area (Å²) in [6.45, 7) is 4.05. The molecule has 0 spiro atoms. The van der Waals surface area contributed by atoms with Crippen molar-refractivity contribution in [1.82, 2.24) is 5.32 Å². The number of nitriles is 1. The van der Waals surface area contributed by atoms with Crippen LogP contribution in [0, 0.1) is 23.0 Å². The van der Waals surface area contributed by atoms with E-state index in [0.717, 1.165) is 25.3 Å². The lowest BCUT2D eigenvalue weighted by molar-refractivity contribution is 0.386. The van der Waals surface area contributed by atoms with E-state index in [1.807, 2.05) is 13.8 Å². The predicted molar refractivity (Wildman–Crippen MR) is 76.5 cm³/mol. The van der Waals surface area contributed by atoms with Crippen LogP contribution in [0.1, 0.15) is 33.1 Å². The molecule has 0 amide bonds. The number of hydrogen-bond acceptors (Lipinski definition) is 3. The normalized spacial score (nSPS) is 25.9. The molecule has 0 aliphatic heterocycles. The average Bonchev–Trinajstić information content (AvgIpc) is 2.77. The molecule has 2 unspecified atom stereocenters. The molecule has 2 nitrogen and oxygen atoms in total. The number of nitrogens with one attached hydrogen (secondary N) is 1. The highest BCUT2D eigenvalue weighted by molar-refractivity contribution is 8.00. The Bertz CT molecular complexity index is 527. The first-order valence-electron chi connectivity index (χ1n) is 6.75. The summed E-state index contributed by atoms with van der Waals surface area (Å²) in [5.41, 5.74) is -0.482. The van der Waals surface area contributed by atoms with Crippen molar-refractivity contribution in [1.29, 1.82) is 5.26 Å². The van der Waals surface area contributed by atoms with Gasteiger partial charge >= 0.3 is 0 Å². The van der Waals surface area contributed by atoms with Crippen LogP contribution in [0.3, 0.4) is 0 Å². The van der Waals surface area contributed by atoms with Crippen LogP contribution in [0.15, 0.2) is 23.1 Å². The van der Waals surface area contributed by atoms with E-state index >= 15 is 0 Å². The molecule has 1 aromatic rings. The highest BCUT2D eigenvalue weighted by Crippen LogP contribution is 2.40. The fourth-order valence-corrected chi connectivity index (χ4v) is 3.97. The van der Waals surface area contributed by atoms with Crippen molar-refractivity contribution >= 4 is 11.8 Å². The van der Waals surface area contributed by atoms with Gasteiger partial charge in [-0.1, -0.05) is 0 Å². The summed E-state index contributed by atoms with van der Waals surface area (Å²) < 4.78 is 26.1. The predicted octanol–water partition coefficient (Wildman–Crippen LogP) is 3.87. The number of thioether (sulfide) groups is 1. The molecule has 0 bridgehead atoms. The number of benzene rings is 1. The molecule has 108 valence electrons. The maximum Gasteiger partial charge on any atom is 0.159 e. The lowest BCUT2D eigenvalue weighted by atomic mass is 9.99. The molecule has 20 heavy (non-hydrogen) atoms. The molecule has 0 radical (unpaired) electrons. The van der Waals surface area contributed by atoms with E-state index in [2.05, 4.69) is 11.4 Å². The lowest BCUT2D eigenvalue weighted by Crippen LogP contribution is -2.45. The summed E-state index contributed by atoms with van der Waals surface area (Å²) in [5, 5.41) is 13.0. The van der Waals surface area contributed by atoms with Crippen LogP contribution in [-0.4, -0.2) is 16.8 Å². The van der Waals surface area contributed by atoms with Gasteiger partial charge in [-0.25, -0.2) is 8.78 Å². The standard InChI is InChI=1S/C15H18F2N2S/c1-10(2)19-15(9-18)6-5-12(8-15)20-11-3-4-13(16)14(17)7-11/h3-4,7,10,12,19H,5-6,8H2,1-2H3. The zero-order chi connectivity index (χ0) is 14.8. The van der Waals surface area contributed by atoms with Crippen LogP contribution in [0.4, 0.5) is 8.78 Å². The van der Waals surface area contributed by atoms with Gasteiger partial charge in [-0.05, 0) is 51.3 Å². The molecule has 2 atom stereocenters. The third-order valence-corrected chi connectivity index (χ3v) is 4.70. The molecule has 1 aliphatic rings. The zero-order valence-corrected chi connectivity index (χ0v) is 12.4. The molecule has 2 rings (SSSR count). The molecule has 1 N–H and O–H groups in total. The molecule has 1 fully saturated rings. The van der Waals surface area contributed by atoms with Gasteiger partial charge in [-0.15, -0.1) is 11.8 Å². The summed E-state index contributed by atoms with van der Waals surface area (Å²) in [7, 11) is 0. The Hall–Kier alpha value is -1.12. The van der Waals surface area contributed by atoms with Gasteiger partial charge in [0.2, 0.25) is 0 Å². The third kappa shape index (κ3) is 3.50. The van der Waals surface area contributed by atoms with Crippen molar-refractivity contribution < 1.29 is 8.78 Å². The minimum absolute atomic E-state index is 0.252. The van der Waals surface area contributed by atoms with Crippen LogP contribution in [-0.2, 0) is 0 Å². The van der Waals surface area contributed by atoms with Crippen LogP contribution >= 0.6 is 11.8 Å². The van der Waals surface area contributed by atoms with Crippen LogP contribution < -0.4 is 5.32 Å². The van der Waals surface area contributed by atoms with Crippen molar-refractivity contribution in [3.8, 4) is 6.07 Å². The van der Waals surface area contributed by atoms with Gasteiger partial charge in [0.05, 0.1) is 6.07 Å². The van der Waals surface area contributed by atoms with E-state index in [9.17, 15) is 14.0 Å². The van der Waals surface area contributed by atoms with E-state index in [1.165, 1.54) is 17.8 Å². The van der Waals surface area contributed by atoms with Gasteiger partial charge in [-0.2, -0.15) is 5.26 Å². The first-order valence-corrected chi connectivity index (χ1v) is 7.63. The van der Waals surface area contributed by atoms with Gasteiger partial charge < -0.3 is 0 Å². The Labute approximate surface area is 122 Å². The van der Waals surface area contributed by atoms with E-state index < -0.39 is 17.2 Å². The largest absolute Gasteiger partial charge is 0.297 e. The molecular weight excluding hydrogens is 278 g/mol. The smallest absolute Gasteiger partial charge is 0.159 e. The second-order valence-corrected chi connectivity index (χ2v) is 6.93. The van der Waals surface area contributed by atoms with Crippen molar-refractivity contribution in [2.45, 2.75) is 54.8 Å². The quantitative estimate of drug-likeness (QED) is 0.916. The van der Waals surface area contributed by atoms with Gasteiger partial charge in [0, 0.05) is 16.2 Å². The summed E-state index contributed by atoms with van der Waals surface area (Å²) in [5.74, 6) is -1.64. The molecule has 1 aliphatic carbocycles. The monoisotopic (exact) mass is 296 g/mol. The van der Waals surface area contributed by atoms with Crippen molar-refractivity contribution in [3.63, 3.8) is 0 Å². The van der Waals surface area contributed by atoms with Gasteiger partial charge in [-0.3, -0.25) is 5.32 Å². The first-order chi connectivity index (χ1) is 9.44. The van der Waals surface area contributed by atoms with E-state index in [0.29, 0.717) is 4.90 Å². The fourth-order valence-electron chi connectivity index (χ4n) is 2.66. The van der Waals surface area contributed by atoms with Crippen LogP contribution in [0.5, 0.6) is 0 Å². The van der Waals surface area contributed by atoms with Crippen molar-refractivity contribution in [2.75, 3.05) is 0 Å². The molecule has 0 saturated heterocycles. The molecule has 5 heteroatoms. The minimum atomic E-state index is -0.825. The topological polar surface area (TPSA) is 35.8 Å². The first kappa shape index (κ1) is 15.3. The van der Waals surface area contributed by atoms with Gasteiger partial charge in [0.15, 0.2) is 11.6 Å². The highest BCUT2D eigenvalue weighted by Gasteiger charge is 2.40. The second-order valence-electron chi connectivity index (χ2n) is 5.55. The molecule has 0 aromatic heterocycles. The van der Waals surface area contributed by atoms with Crippen LogP contribution in [0.2, 0.25) is 0 Å². The zero-order valence-electron chi connectivity index (χ0n) is 11.6. The van der Waals surface area contributed by atoms with Crippen molar-refractivity contribution in [3.05, 3.63) is 29.8 Å². The van der Waals surface area contributed by atoms with E-state index in [1.54, 1.807) is 6.07 Å². The molecule has 1 saturated carbocycles. The van der Waals surface area contributed by atoms with Gasteiger partial charge in [0.25, 0.3) is 0 Å². The number of halogens is 2. The van der Waals surface area contributed by atoms with E-state index in [-0.39, 0.29) is 11.3 Å². The van der Waals surface area contributed by atoms with Crippen molar-refractivity contribution in [2.24, 2.45) is 0 Å². The number of nitrogens with zero attached hydrogens (tertiary/aromatic N) is 1. The Balaban J connectivity index is 2.02. The Kier molecular flexibility index (Phi) is 4.66. The molecule has 0 heterocycles. The summed E-state index contributed by atoms with van der Waals surface area (Å²) in [6.07, 6.45) is 2.42. The second kappa shape index (κ2) is 6.11. The third-order valence-electron chi connectivity index (χ3n) is 3.44. The molecule has 1 aromatic carbocycles. The van der Waals surface area contributed by atoms with E-state index in [4.69, 9.17) is 0 Å². The SMILES string of the molecule is CC(C)NC1(C#N)CCC(Sc2ccc(F)c(F)c2)C1. The fraction of sp³-hybridized carbons (Fsp3) is 0.533. The maximum absolute atomic E-state index is 13.2. The average molecular weight is 296 g/mol. The van der Waals surface area contributed by atoms with Crippen LogP contribution in [0.25, 0.3) is 0 Å². The Morgan fingerprint density at radius 1 is 1.40 bits per heavy atom.